The van der Waals surface area contributed by atoms with Gasteiger partial charge in [-0.2, -0.15) is 0 Å². The predicted octanol–water partition coefficient (Wildman–Crippen LogP) is 3.68. The maximum atomic E-state index is 11.6. The van der Waals surface area contributed by atoms with Crippen LogP contribution in [0.3, 0.4) is 0 Å². The number of hydrogen-bond acceptors (Lipinski definition) is 4. The van der Waals surface area contributed by atoms with E-state index in [1.807, 2.05) is 17.5 Å². The zero-order chi connectivity index (χ0) is 13.6. The van der Waals surface area contributed by atoms with Crippen molar-refractivity contribution in [1.82, 2.24) is 5.32 Å². The molecule has 0 aliphatic heterocycles. The minimum Gasteiger partial charge on any atom is -0.326 e. The number of isothiocyanates is 1. The molecule has 0 bridgehead atoms. The van der Waals surface area contributed by atoms with Gasteiger partial charge in [-0.3, -0.25) is 4.79 Å². The Hall–Kier alpha value is -0.420. The molecule has 1 heterocycles. The average Bonchev–Trinajstić information content (AvgIpc) is 2.77. The van der Waals surface area contributed by atoms with Gasteiger partial charge >= 0.3 is 0 Å². The number of amides is 1. The average molecular weight is 342 g/mol. The van der Waals surface area contributed by atoms with Crippen LogP contribution in [0.2, 0.25) is 0 Å². The summed E-state index contributed by atoms with van der Waals surface area (Å²) in [5, 5.41) is 6.38. The second kappa shape index (κ2) is 7.24. The van der Waals surface area contributed by atoms with Gasteiger partial charge in [0, 0.05) is 11.0 Å². The summed E-state index contributed by atoms with van der Waals surface area (Å²) < 4.78 is -1.78. The second-order valence-electron chi connectivity index (χ2n) is 3.02. The predicted molar refractivity (Wildman–Crippen MR) is 80.6 cm³/mol. The van der Waals surface area contributed by atoms with E-state index in [0.29, 0.717) is 0 Å². The van der Waals surface area contributed by atoms with Gasteiger partial charge in [0.2, 0.25) is 9.70 Å². The molecule has 1 aromatic rings. The van der Waals surface area contributed by atoms with Gasteiger partial charge in [-0.1, -0.05) is 40.9 Å². The molecule has 0 aliphatic rings. The van der Waals surface area contributed by atoms with Crippen molar-refractivity contribution in [2.24, 2.45) is 4.99 Å². The zero-order valence-corrected chi connectivity index (χ0v) is 12.7. The molecule has 1 unspecified atom stereocenters. The van der Waals surface area contributed by atoms with Crippen LogP contribution < -0.4 is 5.32 Å². The minimum atomic E-state index is -1.78. The quantitative estimate of drug-likeness (QED) is 0.393. The third-order valence-corrected chi connectivity index (χ3v) is 3.28. The van der Waals surface area contributed by atoms with Crippen LogP contribution in [-0.4, -0.2) is 21.0 Å². The number of carbonyl (C=O) groups is 1. The zero-order valence-electron chi connectivity index (χ0n) is 8.77. The number of hydrogen-bond donors (Lipinski definition) is 1. The van der Waals surface area contributed by atoms with Crippen LogP contribution in [-0.2, 0) is 4.79 Å². The first-order chi connectivity index (χ1) is 8.43. The molecule has 3 nitrogen and oxygen atoms in total. The lowest BCUT2D eigenvalue weighted by atomic mass is 10.4. The Bertz CT molecular complexity index is 476. The number of rotatable bonds is 4. The fourth-order valence-corrected chi connectivity index (χ4v) is 2.00. The number of nitrogens with zero attached hydrogens (tertiary/aromatic N) is 1. The Morgan fingerprint density at radius 2 is 2.33 bits per heavy atom. The lowest BCUT2D eigenvalue weighted by Crippen LogP contribution is -2.41. The molecule has 1 atom stereocenters. The van der Waals surface area contributed by atoms with Crippen molar-refractivity contribution in [3.05, 3.63) is 28.5 Å². The van der Waals surface area contributed by atoms with Crippen molar-refractivity contribution in [2.75, 3.05) is 0 Å². The summed E-state index contributed by atoms with van der Waals surface area (Å²) in [5.41, 5.74) is 0. The Kier molecular flexibility index (Phi) is 6.29. The first kappa shape index (κ1) is 15.6. The highest BCUT2D eigenvalue weighted by Crippen LogP contribution is 2.30. The van der Waals surface area contributed by atoms with E-state index in [4.69, 9.17) is 34.8 Å². The molecule has 96 valence electrons. The molecule has 8 heteroatoms. The molecule has 0 fully saturated rings. The molecule has 0 spiro atoms. The summed E-state index contributed by atoms with van der Waals surface area (Å²) in [6.45, 7) is 0. The third-order valence-electron chi connectivity index (χ3n) is 1.71. The molecule has 1 rings (SSSR count). The van der Waals surface area contributed by atoms with Crippen LogP contribution in [0.5, 0.6) is 0 Å². The van der Waals surface area contributed by atoms with Crippen LogP contribution in [0, 0.1) is 0 Å². The van der Waals surface area contributed by atoms with Gasteiger partial charge in [0.15, 0.2) is 6.17 Å². The standard InChI is InChI=1S/C10H7Cl3N2OS2/c11-10(12,13)9(14-6-17)15-8(16)4-3-7-2-1-5-18-7/h1-5,9H,(H,15,16). The Balaban J connectivity index is 2.65. The van der Waals surface area contributed by atoms with Crippen molar-refractivity contribution in [2.45, 2.75) is 9.96 Å². The van der Waals surface area contributed by atoms with Crippen molar-refractivity contribution < 1.29 is 4.79 Å². The van der Waals surface area contributed by atoms with Crippen LogP contribution in [0.15, 0.2) is 28.6 Å². The fourth-order valence-electron chi connectivity index (χ4n) is 0.967. The number of aliphatic imine (C=N–C) groups is 1. The molecule has 0 aromatic carbocycles. The lowest BCUT2D eigenvalue weighted by molar-refractivity contribution is -0.117. The van der Waals surface area contributed by atoms with Gasteiger partial charge in [0.1, 0.15) is 0 Å². The van der Waals surface area contributed by atoms with Gasteiger partial charge in [0.25, 0.3) is 0 Å². The highest BCUT2D eigenvalue weighted by molar-refractivity contribution is 7.78. The number of carbonyl (C=O) groups excluding carboxylic acids is 1. The van der Waals surface area contributed by atoms with E-state index in [0.717, 1.165) is 4.88 Å². The number of thiophene rings is 1. The first-order valence-corrected chi connectivity index (χ1v) is 7.01. The molecule has 0 saturated carbocycles. The number of thiocarbonyl (C=S) groups is 1. The molecule has 0 aliphatic carbocycles. The van der Waals surface area contributed by atoms with Crippen LogP contribution >= 0.6 is 58.4 Å². The van der Waals surface area contributed by atoms with Crippen molar-refractivity contribution >= 4 is 75.5 Å². The topological polar surface area (TPSA) is 41.5 Å². The normalized spacial score (nSPS) is 13.1. The Labute approximate surface area is 128 Å². The molecular weight excluding hydrogens is 335 g/mol. The molecule has 1 N–H and O–H groups in total. The van der Waals surface area contributed by atoms with Crippen LogP contribution in [0.1, 0.15) is 4.88 Å². The maximum absolute atomic E-state index is 11.6. The summed E-state index contributed by atoms with van der Waals surface area (Å²) in [6.07, 6.45) is 1.91. The van der Waals surface area contributed by atoms with Crippen molar-refractivity contribution in [1.29, 1.82) is 0 Å². The molecule has 1 amide bonds. The van der Waals surface area contributed by atoms with Gasteiger partial charge in [0.05, 0.1) is 5.16 Å². The van der Waals surface area contributed by atoms with E-state index in [1.54, 1.807) is 6.08 Å². The summed E-state index contributed by atoms with van der Waals surface area (Å²) in [7, 11) is 0. The third kappa shape index (κ3) is 5.48. The van der Waals surface area contributed by atoms with E-state index >= 15 is 0 Å². The maximum Gasteiger partial charge on any atom is 0.245 e. The summed E-state index contributed by atoms with van der Waals surface area (Å²) in [4.78, 5) is 16.1. The monoisotopic (exact) mass is 340 g/mol. The molecular formula is C10H7Cl3N2OS2. The molecule has 1 aromatic heterocycles. The van der Waals surface area contributed by atoms with Gasteiger partial charge in [-0.05, 0) is 29.7 Å². The molecule has 0 radical (unpaired) electrons. The van der Waals surface area contributed by atoms with E-state index < -0.39 is 15.9 Å². The summed E-state index contributed by atoms with van der Waals surface area (Å²) in [6, 6.07) is 3.75. The Morgan fingerprint density at radius 1 is 1.61 bits per heavy atom. The SMILES string of the molecule is O=C(C=Cc1cccs1)NC(N=C=S)C(Cl)(Cl)Cl. The van der Waals surface area contributed by atoms with E-state index in [-0.39, 0.29) is 0 Å². The number of nitrogens with one attached hydrogen (secondary N) is 1. The Morgan fingerprint density at radius 3 is 2.83 bits per heavy atom. The largest absolute Gasteiger partial charge is 0.326 e. The minimum absolute atomic E-state index is 0.436. The first-order valence-electron chi connectivity index (χ1n) is 4.59. The van der Waals surface area contributed by atoms with Crippen molar-refractivity contribution in [3.8, 4) is 0 Å². The summed E-state index contributed by atoms with van der Waals surface area (Å²) in [5.74, 6) is -0.436. The van der Waals surface area contributed by atoms with Crippen molar-refractivity contribution in [3.63, 3.8) is 0 Å². The molecule has 18 heavy (non-hydrogen) atoms. The van der Waals surface area contributed by atoms with E-state index in [1.165, 1.54) is 17.4 Å². The van der Waals surface area contributed by atoms with E-state index in [2.05, 4.69) is 27.7 Å². The number of halogens is 3. The lowest BCUT2D eigenvalue weighted by Gasteiger charge is -2.19. The second-order valence-corrected chi connectivity index (χ2v) is 6.55. The van der Waals surface area contributed by atoms with Crippen LogP contribution in [0.4, 0.5) is 0 Å². The highest BCUT2D eigenvalue weighted by atomic mass is 35.6. The van der Waals surface area contributed by atoms with Gasteiger partial charge in [-0.25, -0.2) is 4.99 Å². The van der Waals surface area contributed by atoms with Gasteiger partial charge in [-0.15, -0.1) is 11.3 Å². The van der Waals surface area contributed by atoms with Gasteiger partial charge < -0.3 is 5.32 Å². The summed E-state index contributed by atoms with van der Waals surface area (Å²) >= 11 is 22.8. The smallest absolute Gasteiger partial charge is 0.245 e. The number of alkyl halides is 3. The fraction of sp³-hybridized carbons (Fsp3) is 0.200. The van der Waals surface area contributed by atoms with E-state index in [9.17, 15) is 4.79 Å². The highest BCUT2D eigenvalue weighted by Gasteiger charge is 2.33. The molecule has 0 saturated heterocycles. The van der Waals surface area contributed by atoms with Crippen LogP contribution in [0.25, 0.3) is 6.08 Å².